The summed E-state index contributed by atoms with van der Waals surface area (Å²) in [5, 5.41) is 8.29. The first-order valence-corrected chi connectivity index (χ1v) is 7.87. The Morgan fingerprint density at radius 2 is 2.05 bits per heavy atom. The number of primary amides is 1. The van der Waals surface area contributed by atoms with E-state index >= 15 is 0 Å². The molecule has 116 valence electrons. The van der Waals surface area contributed by atoms with E-state index in [4.69, 9.17) is 22.7 Å². The van der Waals surface area contributed by atoms with Crippen molar-refractivity contribution in [1.82, 2.24) is 4.57 Å². The molecule has 1 amide bonds. The van der Waals surface area contributed by atoms with Crippen molar-refractivity contribution >= 4 is 28.6 Å². The summed E-state index contributed by atoms with van der Waals surface area (Å²) in [6, 6.07) is 8.32. The number of aromatic nitrogens is 1. The Balaban J connectivity index is 2.37. The SMILES string of the molecule is N=c1c(C(N)=O)cc(Cl)cn1Cc1cccc(CS(=O)[O-])c1. The van der Waals surface area contributed by atoms with Crippen molar-refractivity contribution in [3.8, 4) is 0 Å². The summed E-state index contributed by atoms with van der Waals surface area (Å²) in [7, 11) is 0. The average molecular weight is 339 g/mol. The molecule has 6 nitrogen and oxygen atoms in total. The molecule has 0 bridgehead atoms. The molecule has 1 heterocycles. The molecule has 1 atom stereocenters. The van der Waals surface area contributed by atoms with Gasteiger partial charge in [0.05, 0.1) is 10.6 Å². The van der Waals surface area contributed by atoms with Crippen molar-refractivity contribution in [2.75, 3.05) is 0 Å². The van der Waals surface area contributed by atoms with E-state index in [0.717, 1.165) is 5.56 Å². The largest absolute Gasteiger partial charge is 0.772 e. The van der Waals surface area contributed by atoms with E-state index in [9.17, 15) is 13.6 Å². The first-order chi connectivity index (χ1) is 10.4. The van der Waals surface area contributed by atoms with Crippen LogP contribution in [0.1, 0.15) is 21.5 Å². The van der Waals surface area contributed by atoms with Gasteiger partial charge in [-0.05, 0) is 17.2 Å². The summed E-state index contributed by atoms with van der Waals surface area (Å²) in [5.41, 5.74) is 6.65. The van der Waals surface area contributed by atoms with Crippen molar-refractivity contribution in [2.24, 2.45) is 5.73 Å². The number of nitrogens with zero attached hydrogens (tertiary/aromatic N) is 1. The highest BCUT2D eigenvalue weighted by atomic mass is 35.5. The third kappa shape index (κ3) is 4.03. The Morgan fingerprint density at radius 3 is 2.68 bits per heavy atom. The monoisotopic (exact) mass is 338 g/mol. The molecule has 0 spiro atoms. The molecule has 0 aliphatic rings. The zero-order valence-corrected chi connectivity index (χ0v) is 13.0. The number of halogens is 1. The smallest absolute Gasteiger partial charge is 0.252 e. The van der Waals surface area contributed by atoms with Gasteiger partial charge in [0.2, 0.25) is 0 Å². The summed E-state index contributed by atoms with van der Waals surface area (Å²) in [6.07, 6.45) is 1.52. The molecule has 2 aromatic rings. The first-order valence-electron chi connectivity index (χ1n) is 6.25. The zero-order chi connectivity index (χ0) is 16.3. The fourth-order valence-electron chi connectivity index (χ4n) is 2.07. The molecule has 3 N–H and O–H groups in total. The molecular weight excluding hydrogens is 326 g/mol. The van der Waals surface area contributed by atoms with E-state index in [1.54, 1.807) is 24.3 Å². The Labute approximate surface area is 134 Å². The highest BCUT2D eigenvalue weighted by Gasteiger charge is 2.09. The molecule has 1 unspecified atom stereocenters. The molecule has 0 saturated heterocycles. The van der Waals surface area contributed by atoms with E-state index in [-0.39, 0.29) is 23.3 Å². The number of hydrogen-bond donors (Lipinski definition) is 2. The van der Waals surface area contributed by atoms with Crippen molar-refractivity contribution in [1.29, 1.82) is 5.41 Å². The molecule has 22 heavy (non-hydrogen) atoms. The second-order valence-electron chi connectivity index (χ2n) is 4.68. The molecule has 2 rings (SSSR count). The van der Waals surface area contributed by atoms with Gasteiger partial charge in [0.25, 0.3) is 5.91 Å². The van der Waals surface area contributed by atoms with Crippen LogP contribution in [-0.2, 0) is 23.4 Å². The van der Waals surface area contributed by atoms with Crippen LogP contribution < -0.4 is 11.2 Å². The van der Waals surface area contributed by atoms with E-state index in [1.807, 2.05) is 0 Å². The number of amides is 1. The van der Waals surface area contributed by atoms with Crippen molar-refractivity contribution in [2.45, 2.75) is 12.3 Å². The maximum Gasteiger partial charge on any atom is 0.252 e. The van der Waals surface area contributed by atoms with Gasteiger partial charge in [-0.3, -0.25) is 14.4 Å². The molecule has 1 aromatic heterocycles. The zero-order valence-electron chi connectivity index (χ0n) is 11.4. The highest BCUT2D eigenvalue weighted by molar-refractivity contribution is 7.78. The summed E-state index contributed by atoms with van der Waals surface area (Å²) in [6.45, 7) is 0.277. The predicted molar refractivity (Wildman–Crippen MR) is 82.0 cm³/mol. The van der Waals surface area contributed by atoms with Crippen molar-refractivity contribution in [3.63, 3.8) is 0 Å². The second kappa shape index (κ2) is 6.87. The van der Waals surface area contributed by atoms with Crippen LogP contribution >= 0.6 is 11.6 Å². The molecule has 0 fully saturated rings. The predicted octanol–water partition coefficient (Wildman–Crippen LogP) is 1.15. The summed E-state index contributed by atoms with van der Waals surface area (Å²) in [5.74, 6) is -0.800. The number of hydrogen-bond acceptors (Lipinski definition) is 4. The average Bonchev–Trinajstić information content (AvgIpc) is 2.42. The van der Waals surface area contributed by atoms with Gasteiger partial charge in [-0.1, -0.05) is 46.9 Å². The Bertz CT molecular complexity index is 804. The number of nitrogens with two attached hydrogens (primary N) is 1. The minimum atomic E-state index is -2.17. The van der Waals surface area contributed by atoms with Gasteiger partial charge in [0, 0.05) is 18.5 Å². The van der Waals surface area contributed by atoms with Gasteiger partial charge in [-0.2, -0.15) is 0 Å². The molecule has 0 saturated carbocycles. The maximum absolute atomic E-state index is 11.3. The van der Waals surface area contributed by atoms with E-state index in [1.165, 1.54) is 16.8 Å². The number of pyridine rings is 1. The van der Waals surface area contributed by atoms with Crippen LogP contribution in [0.2, 0.25) is 5.02 Å². The fourth-order valence-corrected chi connectivity index (χ4v) is 2.75. The van der Waals surface area contributed by atoms with Crippen molar-refractivity contribution < 1.29 is 13.6 Å². The lowest BCUT2D eigenvalue weighted by molar-refractivity contribution is 0.0997. The normalized spacial score (nSPS) is 12.1. The van der Waals surface area contributed by atoms with Crippen molar-refractivity contribution in [3.05, 3.63) is 63.7 Å². The molecule has 0 radical (unpaired) electrons. The lowest BCUT2D eigenvalue weighted by Gasteiger charge is -2.11. The molecule has 1 aromatic carbocycles. The molecule has 0 aliphatic heterocycles. The number of carbonyl (C=O) groups is 1. The van der Waals surface area contributed by atoms with E-state index < -0.39 is 17.0 Å². The first kappa shape index (κ1) is 16.4. The van der Waals surface area contributed by atoms with Crippen LogP contribution in [-0.4, -0.2) is 19.2 Å². The quantitative estimate of drug-likeness (QED) is 0.797. The van der Waals surface area contributed by atoms with Crippen LogP contribution in [0, 0.1) is 5.41 Å². The third-order valence-corrected chi connectivity index (χ3v) is 3.77. The maximum atomic E-state index is 11.3. The van der Waals surface area contributed by atoms with E-state index in [2.05, 4.69) is 0 Å². The van der Waals surface area contributed by atoms with Gasteiger partial charge in [-0.15, -0.1) is 0 Å². The summed E-state index contributed by atoms with van der Waals surface area (Å²) < 4.78 is 23.0. The number of nitrogens with one attached hydrogen (secondary N) is 1. The topological polar surface area (TPSA) is 112 Å². The van der Waals surface area contributed by atoms with Gasteiger partial charge < -0.3 is 14.9 Å². The number of benzene rings is 1. The standard InChI is InChI=1S/C14H14ClN3O3S/c15-11-5-12(14(17)19)13(16)18(7-11)6-9-2-1-3-10(4-9)8-22(20)21/h1-5,7,16H,6,8H2,(H2,17,19)(H,20,21)/p-1. The third-order valence-electron chi connectivity index (χ3n) is 3.00. The fraction of sp³-hybridized carbons (Fsp3) is 0.143. The van der Waals surface area contributed by atoms with Crippen LogP contribution in [0.3, 0.4) is 0 Å². The van der Waals surface area contributed by atoms with Gasteiger partial charge >= 0.3 is 0 Å². The lowest BCUT2D eigenvalue weighted by Crippen LogP contribution is -2.29. The summed E-state index contributed by atoms with van der Waals surface area (Å²) >= 11 is 3.77. The minimum absolute atomic E-state index is 0.0318. The van der Waals surface area contributed by atoms with E-state index in [0.29, 0.717) is 10.6 Å². The van der Waals surface area contributed by atoms with Crippen LogP contribution in [0.5, 0.6) is 0 Å². The number of carbonyl (C=O) groups excluding carboxylic acids is 1. The number of rotatable bonds is 5. The Hall–Kier alpha value is -1.96. The van der Waals surface area contributed by atoms with Crippen LogP contribution in [0.15, 0.2) is 36.5 Å². The van der Waals surface area contributed by atoms with Gasteiger partial charge in [0.15, 0.2) is 0 Å². The second-order valence-corrected chi connectivity index (χ2v) is 6.01. The molecule has 0 aliphatic carbocycles. The highest BCUT2D eigenvalue weighted by Crippen LogP contribution is 2.11. The van der Waals surface area contributed by atoms with Crippen LogP contribution in [0.25, 0.3) is 0 Å². The Kier molecular flexibility index (Phi) is 5.12. The lowest BCUT2D eigenvalue weighted by atomic mass is 10.1. The summed E-state index contributed by atoms with van der Waals surface area (Å²) in [4.78, 5) is 11.3. The minimum Gasteiger partial charge on any atom is -0.772 e. The molecule has 8 heteroatoms. The molecular formula is C14H13ClN3O3S-. The van der Waals surface area contributed by atoms with Gasteiger partial charge in [-0.25, -0.2) is 0 Å². The Morgan fingerprint density at radius 1 is 1.36 bits per heavy atom. The van der Waals surface area contributed by atoms with Gasteiger partial charge in [0.1, 0.15) is 5.49 Å². The van der Waals surface area contributed by atoms with Crippen LogP contribution in [0.4, 0.5) is 0 Å².